The lowest BCUT2D eigenvalue weighted by Gasteiger charge is -2.09. The van der Waals surface area contributed by atoms with E-state index in [0.29, 0.717) is 22.6 Å². The SMILES string of the molecule is Cc1ccc(-c2noc(CCOCC(F)(F)F)n2)cc1NC(=O)c1cnc2ccccn12. The van der Waals surface area contributed by atoms with Gasteiger partial charge in [0.25, 0.3) is 5.91 Å². The van der Waals surface area contributed by atoms with Crippen LogP contribution in [-0.4, -0.2) is 44.8 Å². The molecule has 0 saturated heterocycles. The number of carbonyl (C=O) groups excluding carboxylic acids is 1. The van der Waals surface area contributed by atoms with Gasteiger partial charge in [-0.1, -0.05) is 23.4 Å². The zero-order chi connectivity index (χ0) is 22.7. The molecule has 0 unspecified atom stereocenters. The van der Waals surface area contributed by atoms with Crippen molar-refractivity contribution < 1.29 is 27.2 Å². The van der Waals surface area contributed by atoms with Gasteiger partial charge in [0.05, 0.1) is 19.2 Å². The molecule has 1 amide bonds. The van der Waals surface area contributed by atoms with Gasteiger partial charge in [-0.3, -0.25) is 9.20 Å². The van der Waals surface area contributed by atoms with Gasteiger partial charge in [0.1, 0.15) is 17.9 Å². The molecule has 1 aromatic carbocycles. The highest BCUT2D eigenvalue weighted by atomic mass is 19.4. The lowest BCUT2D eigenvalue weighted by molar-refractivity contribution is -0.173. The van der Waals surface area contributed by atoms with Crippen LogP contribution in [0.4, 0.5) is 18.9 Å². The van der Waals surface area contributed by atoms with Crippen LogP contribution in [0.3, 0.4) is 0 Å². The summed E-state index contributed by atoms with van der Waals surface area (Å²) in [7, 11) is 0. The zero-order valence-corrected chi connectivity index (χ0v) is 16.9. The van der Waals surface area contributed by atoms with Crippen LogP contribution in [0, 0.1) is 6.92 Å². The number of aromatic nitrogens is 4. The fraction of sp³-hybridized carbons (Fsp3) is 0.238. The third-order valence-electron chi connectivity index (χ3n) is 4.59. The van der Waals surface area contributed by atoms with Crippen LogP contribution in [0.2, 0.25) is 0 Å². The predicted molar refractivity (Wildman–Crippen MR) is 108 cm³/mol. The molecule has 8 nitrogen and oxygen atoms in total. The Morgan fingerprint density at radius 3 is 2.91 bits per heavy atom. The topological polar surface area (TPSA) is 94.5 Å². The minimum absolute atomic E-state index is 0.0484. The summed E-state index contributed by atoms with van der Waals surface area (Å²) in [5.41, 5.74) is 2.99. The normalized spacial score (nSPS) is 11.8. The summed E-state index contributed by atoms with van der Waals surface area (Å²) in [6.45, 7) is 0.310. The van der Waals surface area contributed by atoms with Crippen molar-refractivity contribution in [1.82, 2.24) is 19.5 Å². The first-order valence-corrected chi connectivity index (χ1v) is 9.62. The maximum Gasteiger partial charge on any atom is 0.411 e. The standard InChI is InChI=1S/C21H18F3N5O3/c1-13-5-6-14(19-27-18(32-28-19)7-9-31-12-21(22,23)24)10-15(13)26-20(30)16-11-25-17-4-2-3-8-29(16)17/h2-6,8,10-11H,7,9,12H2,1H3,(H,26,30). The minimum atomic E-state index is -4.38. The van der Waals surface area contributed by atoms with E-state index in [1.54, 1.807) is 40.9 Å². The number of halogens is 3. The van der Waals surface area contributed by atoms with E-state index in [-0.39, 0.29) is 30.7 Å². The lowest BCUT2D eigenvalue weighted by atomic mass is 10.1. The molecule has 32 heavy (non-hydrogen) atoms. The van der Waals surface area contributed by atoms with Gasteiger partial charge in [-0.05, 0) is 30.7 Å². The van der Waals surface area contributed by atoms with Crippen LogP contribution in [-0.2, 0) is 11.2 Å². The highest BCUT2D eigenvalue weighted by molar-refractivity contribution is 6.04. The highest BCUT2D eigenvalue weighted by Gasteiger charge is 2.27. The zero-order valence-electron chi connectivity index (χ0n) is 16.9. The fourth-order valence-electron chi connectivity index (χ4n) is 3.00. The lowest BCUT2D eigenvalue weighted by Crippen LogP contribution is -2.18. The number of fused-ring (bicyclic) bond motifs is 1. The second kappa shape index (κ2) is 8.79. The molecule has 0 aliphatic heterocycles. The summed E-state index contributed by atoms with van der Waals surface area (Å²) in [6.07, 6.45) is -1.09. The van der Waals surface area contributed by atoms with E-state index in [2.05, 4.69) is 25.2 Å². The van der Waals surface area contributed by atoms with E-state index in [0.717, 1.165) is 5.56 Å². The molecule has 0 spiro atoms. The fourth-order valence-corrected chi connectivity index (χ4v) is 3.00. The third-order valence-corrected chi connectivity index (χ3v) is 4.59. The maximum absolute atomic E-state index is 12.8. The van der Waals surface area contributed by atoms with Crippen molar-refractivity contribution in [2.75, 3.05) is 18.5 Å². The Kier molecular flexibility index (Phi) is 5.91. The van der Waals surface area contributed by atoms with E-state index in [1.807, 2.05) is 13.0 Å². The number of carbonyl (C=O) groups is 1. The number of nitrogens with zero attached hydrogens (tertiary/aromatic N) is 4. The van der Waals surface area contributed by atoms with E-state index < -0.39 is 12.8 Å². The summed E-state index contributed by atoms with van der Waals surface area (Å²) in [5.74, 6) is 0.0692. The number of rotatable bonds is 7. The Morgan fingerprint density at radius 2 is 2.09 bits per heavy atom. The molecule has 11 heteroatoms. The number of alkyl halides is 3. The van der Waals surface area contributed by atoms with E-state index in [1.165, 1.54) is 6.20 Å². The first kappa shape index (κ1) is 21.5. The summed E-state index contributed by atoms with van der Waals surface area (Å²) in [5, 5.41) is 6.73. The molecule has 0 radical (unpaired) electrons. The van der Waals surface area contributed by atoms with Crippen LogP contribution >= 0.6 is 0 Å². The maximum atomic E-state index is 12.8. The Hall–Kier alpha value is -3.73. The van der Waals surface area contributed by atoms with Crippen LogP contribution in [0.15, 0.2) is 53.3 Å². The van der Waals surface area contributed by atoms with Gasteiger partial charge in [0, 0.05) is 17.4 Å². The monoisotopic (exact) mass is 445 g/mol. The average molecular weight is 445 g/mol. The Bertz CT molecular complexity index is 1250. The number of aryl methyl sites for hydroxylation is 1. The number of anilines is 1. The van der Waals surface area contributed by atoms with Crippen LogP contribution in [0.5, 0.6) is 0 Å². The van der Waals surface area contributed by atoms with E-state index >= 15 is 0 Å². The number of benzene rings is 1. The Balaban J connectivity index is 1.46. The van der Waals surface area contributed by atoms with Gasteiger partial charge >= 0.3 is 6.18 Å². The van der Waals surface area contributed by atoms with Gasteiger partial charge in [0.15, 0.2) is 0 Å². The number of hydrogen-bond donors (Lipinski definition) is 1. The second-order valence-corrected chi connectivity index (χ2v) is 6.99. The van der Waals surface area contributed by atoms with Crippen molar-refractivity contribution in [1.29, 1.82) is 0 Å². The van der Waals surface area contributed by atoms with Crippen molar-refractivity contribution in [3.8, 4) is 11.4 Å². The molecule has 0 atom stereocenters. The molecular formula is C21H18F3N5O3. The molecule has 1 N–H and O–H groups in total. The largest absolute Gasteiger partial charge is 0.411 e. The number of nitrogens with one attached hydrogen (secondary N) is 1. The molecule has 0 saturated carbocycles. The molecule has 3 heterocycles. The van der Waals surface area contributed by atoms with Crippen molar-refractivity contribution in [3.05, 3.63) is 65.9 Å². The van der Waals surface area contributed by atoms with Crippen LogP contribution < -0.4 is 5.32 Å². The first-order valence-electron chi connectivity index (χ1n) is 9.62. The summed E-state index contributed by atoms with van der Waals surface area (Å²) < 4.78 is 47.7. The molecule has 4 aromatic rings. The molecule has 0 fully saturated rings. The molecular weight excluding hydrogens is 427 g/mol. The third kappa shape index (κ3) is 4.94. The van der Waals surface area contributed by atoms with Crippen molar-refractivity contribution in [3.63, 3.8) is 0 Å². The van der Waals surface area contributed by atoms with Gasteiger partial charge in [-0.2, -0.15) is 18.2 Å². The van der Waals surface area contributed by atoms with Crippen molar-refractivity contribution in [2.45, 2.75) is 19.5 Å². The van der Waals surface area contributed by atoms with Crippen LogP contribution in [0.25, 0.3) is 17.0 Å². The van der Waals surface area contributed by atoms with Crippen molar-refractivity contribution >= 4 is 17.2 Å². The van der Waals surface area contributed by atoms with Gasteiger partial charge < -0.3 is 14.6 Å². The number of ether oxygens (including phenoxy) is 1. The van der Waals surface area contributed by atoms with Gasteiger partial charge in [-0.25, -0.2) is 4.98 Å². The predicted octanol–water partition coefficient (Wildman–Crippen LogP) is 4.07. The molecule has 0 bridgehead atoms. The molecule has 166 valence electrons. The second-order valence-electron chi connectivity index (χ2n) is 6.99. The number of imidazole rings is 1. The average Bonchev–Trinajstić information content (AvgIpc) is 3.39. The molecule has 3 aromatic heterocycles. The number of pyridine rings is 1. The quantitative estimate of drug-likeness (QED) is 0.431. The highest BCUT2D eigenvalue weighted by Crippen LogP contribution is 2.24. The minimum Gasteiger partial charge on any atom is -0.372 e. The smallest absolute Gasteiger partial charge is 0.372 e. The summed E-state index contributed by atoms with van der Waals surface area (Å²) in [6, 6.07) is 10.7. The summed E-state index contributed by atoms with van der Waals surface area (Å²) in [4.78, 5) is 21.2. The van der Waals surface area contributed by atoms with Crippen molar-refractivity contribution in [2.24, 2.45) is 0 Å². The Morgan fingerprint density at radius 1 is 1.25 bits per heavy atom. The Labute approximate surface area is 180 Å². The first-order chi connectivity index (χ1) is 15.3. The van der Waals surface area contributed by atoms with Gasteiger partial charge in [-0.15, -0.1) is 0 Å². The van der Waals surface area contributed by atoms with Gasteiger partial charge in [0.2, 0.25) is 11.7 Å². The molecule has 0 aliphatic carbocycles. The van der Waals surface area contributed by atoms with E-state index in [9.17, 15) is 18.0 Å². The number of amides is 1. The number of hydrogen-bond acceptors (Lipinski definition) is 6. The van der Waals surface area contributed by atoms with E-state index in [4.69, 9.17) is 4.52 Å². The molecule has 4 rings (SSSR count). The van der Waals surface area contributed by atoms with Crippen LogP contribution in [0.1, 0.15) is 21.9 Å². The summed E-state index contributed by atoms with van der Waals surface area (Å²) >= 11 is 0. The molecule has 0 aliphatic rings.